The Bertz CT molecular complexity index is 1840. The minimum atomic E-state index is -4.70. The van der Waals surface area contributed by atoms with E-state index < -0.39 is 63.7 Å². The summed E-state index contributed by atoms with van der Waals surface area (Å²) in [5.41, 5.74) is -0.392. The van der Waals surface area contributed by atoms with Crippen LogP contribution >= 0.6 is 39.0 Å². The molecule has 0 radical (unpaired) electrons. The molecule has 0 spiro atoms. The Kier molecular flexibility index (Phi) is 7.92. The molecule has 1 aromatic heterocycles. The summed E-state index contributed by atoms with van der Waals surface area (Å²) in [5, 5.41) is 1.68. The minimum Gasteiger partial charge on any atom is -0.497 e. The highest BCUT2D eigenvalue weighted by Gasteiger charge is 2.56. The quantitative estimate of drug-likeness (QED) is 0.243. The fourth-order valence-corrected chi connectivity index (χ4v) is 8.48. The molecule has 1 fully saturated rings. The smallest absolute Gasteiger partial charge is 0.418 e. The van der Waals surface area contributed by atoms with E-state index in [1.165, 1.54) is 19.2 Å². The van der Waals surface area contributed by atoms with Gasteiger partial charge in [0.15, 0.2) is 0 Å². The van der Waals surface area contributed by atoms with Crippen LogP contribution in [0, 0.1) is 5.92 Å². The topological polar surface area (TPSA) is 97.7 Å². The van der Waals surface area contributed by atoms with Crippen molar-refractivity contribution in [2.45, 2.75) is 28.9 Å². The third kappa shape index (κ3) is 5.35. The monoisotopic (exact) mass is 703 g/mol. The number of para-hydroxylation sites is 1. The lowest BCUT2D eigenvalue weighted by Crippen LogP contribution is -2.33. The molecule has 6 rings (SSSR count). The van der Waals surface area contributed by atoms with Gasteiger partial charge in [-0.05, 0) is 54.1 Å². The van der Waals surface area contributed by atoms with Gasteiger partial charge in [-0.25, -0.2) is 4.90 Å². The van der Waals surface area contributed by atoms with E-state index in [1.807, 2.05) is 0 Å². The first kappa shape index (κ1) is 30.2. The van der Waals surface area contributed by atoms with Crippen LogP contribution in [0.5, 0.6) is 5.75 Å². The third-order valence-corrected chi connectivity index (χ3v) is 10.5. The van der Waals surface area contributed by atoms with Crippen LogP contribution < -0.4 is 19.8 Å². The standard InChI is InChI=1S/C30H21BrF3N3O5S2/c1-42-18-12-10-17(11-13-18)37-26(39)23-22(15-6-8-16(31)9-7-15)25-28(43-24(23)27(37)40)36(29(41)44-25)14-21(38)35-20-5-3-2-4-19(20)30(32,33)34/h2-13,22-24H,14H2,1H3,(H,35,38)/t22-,23-,24+/m0/s1. The number of amides is 3. The highest BCUT2D eigenvalue weighted by atomic mass is 79.9. The largest absolute Gasteiger partial charge is 0.497 e. The summed E-state index contributed by atoms with van der Waals surface area (Å²) in [6, 6.07) is 18.2. The van der Waals surface area contributed by atoms with Crippen LogP contribution in [0.3, 0.4) is 0 Å². The summed E-state index contributed by atoms with van der Waals surface area (Å²) in [6.07, 6.45) is -4.70. The van der Waals surface area contributed by atoms with Crippen LogP contribution in [-0.4, -0.2) is 34.6 Å². The normalized spacial score (nSPS) is 19.5. The molecule has 0 unspecified atom stereocenters. The number of carbonyl (C=O) groups excluding carboxylic acids is 3. The van der Waals surface area contributed by atoms with Gasteiger partial charge in [-0.15, -0.1) is 0 Å². The Hall–Kier alpha value is -3.88. The van der Waals surface area contributed by atoms with Gasteiger partial charge in [-0.3, -0.25) is 23.7 Å². The van der Waals surface area contributed by atoms with Gasteiger partial charge >= 0.3 is 11.0 Å². The Balaban J connectivity index is 1.39. The van der Waals surface area contributed by atoms with E-state index in [0.29, 0.717) is 26.9 Å². The van der Waals surface area contributed by atoms with E-state index in [9.17, 15) is 32.3 Å². The van der Waals surface area contributed by atoms with Gasteiger partial charge in [0.2, 0.25) is 17.7 Å². The maximum atomic E-state index is 14.0. The Morgan fingerprint density at radius 1 is 0.977 bits per heavy atom. The van der Waals surface area contributed by atoms with Gasteiger partial charge in [-0.2, -0.15) is 13.2 Å². The number of carbonyl (C=O) groups is 3. The number of fused-ring (bicyclic) bond motifs is 2. The summed E-state index contributed by atoms with van der Waals surface area (Å²) in [5.74, 6) is -2.73. The van der Waals surface area contributed by atoms with E-state index >= 15 is 0 Å². The van der Waals surface area contributed by atoms with Gasteiger partial charge in [0.25, 0.3) is 0 Å². The number of hydrogen-bond donors (Lipinski definition) is 1. The molecule has 44 heavy (non-hydrogen) atoms. The summed E-state index contributed by atoms with van der Waals surface area (Å²) in [7, 11) is 1.50. The number of thioether (sulfide) groups is 1. The van der Waals surface area contributed by atoms with Gasteiger partial charge < -0.3 is 10.1 Å². The fourth-order valence-electron chi connectivity index (χ4n) is 5.44. The number of benzene rings is 3. The summed E-state index contributed by atoms with van der Waals surface area (Å²) in [4.78, 5) is 55.2. The van der Waals surface area contributed by atoms with Crippen molar-refractivity contribution in [2.24, 2.45) is 5.92 Å². The fraction of sp³-hybridized carbons (Fsp3) is 0.200. The molecule has 0 aliphatic carbocycles. The number of anilines is 2. The lowest BCUT2D eigenvalue weighted by Gasteiger charge is -2.30. The number of hydrogen-bond acceptors (Lipinski definition) is 7. The number of halogens is 4. The molecule has 0 saturated carbocycles. The molecule has 3 heterocycles. The van der Waals surface area contributed by atoms with Crippen molar-refractivity contribution in [1.82, 2.24) is 4.57 Å². The Labute approximate surface area is 265 Å². The highest BCUT2D eigenvalue weighted by molar-refractivity contribution is 9.10. The van der Waals surface area contributed by atoms with E-state index in [4.69, 9.17) is 4.74 Å². The second-order valence-corrected chi connectivity index (χ2v) is 13.1. The molecule has 1 saturated heterocycles. The SMILES string of the molecule is COc1ccc(N2C(=O)[C@H]3[C@H](c4ccc(Br)cc4)c4sc(=O)n(CC(=O)Nc5ccccc5C(F)(F)F)c4S[C@H]3C2=O)cc1. The molecular weight excluding hydrogens is 683 g/mol. The molecule has 3 aromatic carbocycles. The lowest BCUT2D eigenvalue weighted by atomic mass is 9.83. The summed E-state index contributed by atoms with van der Waals surface area (Å²) in [6.45, 7) is -0.585. The van der Waals surface area contributed by atoms with Crippen molar-refractivity contribution in [3.63, 3.8) is 0 Å². The molecule has 14 heteroatoms. The van der Waals surface area contributed by atoms with Crippen LogP contribution in [0.25, 0.3) is 0 Å². The van der Waals surface area contributed by atoms with E-state index in [1.54, 1.807) is 48.5 Å². The summed E-state index contributed by atoms with van der Waals surface area (Å²) >= 11 is 5.28. The van der Waals surface area contributed by atoms with Crippen LogP contribution in [0.15, 0.2) is 87.1 Å². The van der Waals surface area contributed by atoms with Gasteiger partial charge in [0.1, 0.15) is 17.5 Å². The number of alkyl halides is 3. The van der Waals surface area contributed by atoms with Crippen LogP contribution in [0.4, 0.5) is 24.5 Å². The third-order valence-electron chi connectivity index (χ3n) is 7.42. The molecular formula is C30H21BrF3N3O5S2. The minimum absolute atomic E-state index is 0.325. The van der Waals surface area contributed by atoms with Crippen molar-refractivity contribution < 1.29 is 32.3 Å². The van der Waals surface area contributed by atoms with Crippen molar-refractivity contribution in [2.75, 3.05) is 17.3 Å². The second-order valence-electron chi connectivity index (χ2n) is 10.0. The lowest BCUT2D eigenvalue weighted by molar-refractivity contribution is -0.137. The first-order valence-electron chi connectivity index (χ1n) is 13.1. The van der Waals surface area contributed by atoms with Gasteiger partial charge in [-0.1, -0.05) is 63.3 Å². The molecule has 226 valence electrons. The maximum Gasteiger partial charge on any atom is 0.418 e. The molecule has 2 aliphatic heterocycles. The van der Waals surface area contributed by atoms with Gasteiger partial charge in [0, 0.05) is 15.3 Å². The van der Waals surface area contributed by atoms with Crippen LogP contribution in [0.1, 0.15) is 21.9 Å². The van der Waals surface area contributed by atoms with E-state index in [2.05, 4.69) is 21.2 Å². The Morgan fingerprint density at radius 3 is 2.32 bits per heavy atom. The molecule has 3 atom stereocenters. The predicted octanol–water partition coefficient (Wildman–Crippen LogP) is 6.13. The molecule has 2 aliphatic rings. The number of thiazole rings is 1. The average molecular weight is 705 g/mol. The highest BCUT2D eigenvalue weighted by Crippen LogP contribution is 2.54. The first-order valence-corrected chi connectivity index (χ1v) is 15.6. The number of nitrogens with one attached hydrogen (secondary N) is 1. The number of ether oxygens (including phenoxy) is 1. The first-order chi connectivity index (χ1) is 21.0. The number of imide groups is 1. The number of rotatable bonds is 6. The van der Waals surface area contributed by atoms with Crippen molar-refractivity contribution in [3.8, 4) is 5.75 Å². The number of methoxy groups -OCH3 is 1. The average Bonchev–Trinajstić information content (AvgIpc) is 3.43. The Morgan fingerprint density at radius 2 is 1.66 bits per heavy atom. The molecule has 4 aromatic rings. The zero-order chi connectivity index (χ0) is 31.3. The second kappa shape index (κ2) is 11.6. The molecule has 1 N–H and O–H groups in total. The number of aromatic nitrogens is 1. The van der Waals surface area contributed by atoms with Crippen LogP contribution in [0.2, 0.25) is 0 Å². The zero-order valence-corrected chi connectivity index (χ0v) is 25.9. The number of nitrogens with zero attached hydrogens (tertiary/aromatic N) is 2. The van der Waals surface area contributed by atoms with Crippen molar-refractivity contribution in [1.29, 1.82) is 0 Å². The van der Waals surface area contributed by atoms with E-state index in [-0.39, 0.29) is 0 Å². The molecule has 8 nitrogen and oxygen atoms in total. The van der Waals surface area contributed by atoms with Gasteiger partial charge in [0.05, 0.1) is 35.0 Å². The maximum absolute atomic E-state index is 14.0. The zero-order valence-electron chi connectivity index (χ0n) is 22.6. The summed E-state index contributed by atoms with van der Waals surface area (Å²) < 4.78 is 47.6. The molecule has 3 amide bonds. The predicted molar refractivity (Wildman–Crippen MR) is 163 cm³/mol. The molecule has 0 bridgehead atoms. The van der Waals surface area contributed by atoms with E-state index in [0.717, 1.165) is 49.2 Å². The van der Waals surface area contributed by atoms with Crippen LogP contribution in [-0.2, 0) is 27.1 Å². The van der Waals surface area contributed by atoms with Crippen molar-refractivity contribution in [3.05, 3.63) is 103 Å². The van der Waals surface area contributed by atoms with Crippen molar-refractivity contribution >= 4 is 68.1 Å².